The normalized spacial score (nSPS) is 17.1. The van der Waals surface area contributed by atoms with Gasteiger partial charge in [-0.3, -0.25) is 4.79 Å². The molecule has 1 aliphatic heterocycles. The van der Waals surface area contributed by atoms with Crippen LogP contribution >= 0.6 is 34.0 Å². The third kappa shape index (κ3) is 6.94. The van der Waals surface area contributed by atoms with Crippen LogP contribution in [0, 0.1) is 5.82 Å². The third-order valence-electron chi connectivity index (χ3n) is 5.79. The van der Waals surface area contributed by atoms with Crippen molar-refractivity contribution in [2.75, 3.05) is 41.3 Å². The molecule has 0 saturated carbocycles. The van der Waals surface area contributed by atoms with Crippen molar-refractivity contribution >= 4 is 39.7 Å². The lowest BCUT2D eigenvalue weighted by Gasteiger charge is -2.31. The van der Waals surface area contributed by atoms with Gasteiger partial charge in [0.25, 0.3) is 0 Å². The van der Waals surface area contributed by atoms with Gasteiger partial charge in [-0.15, -0.1) is 34.0 Å². The highest BCUT2D eigenvalue weighted by atomic mass is 79.9. The Bertz CT molecular complexity index is 875. The number of nitrogens with zero attached hydrogens (tertiary/aromatic N) is 2. The first kappa shape index (κ1) is 28.9. The molecule has 3 rings (SSSR count). The molecule has 178 valence electrons. The van der Waals surface area contributed by atoms with E-state index in [1.54, 1.807) is 0 Å². The molecule has 1 aliphatic rings. The van der Waals surface area contributed by atoms with Crippen molar-refractivity contribution < 1.29 is 13.9 Å². The summed E-state index contributed by atoms with van der Waals surface area (Å²) in [5, 5.41) is 0. The standard InChI is InChI=1S/C25H33FN2O2.2BrH/c1-27(2)15-5-7-24(29)19-8-13-23-20(17-19)18-30-25(23,14-6-16-28(3)4)21-9-11-22(26)12-10-21;;/h8-13,17H,5-7,14-16,18H2,1-4H3;2*1H. The summed E-state index contributed by atoms with van der Waals surface area (Å²) in [7, 11) is 8.15. The number of benzene rings is 2. The van der Waals surface area contributed by atoms with Crippen molar-refractivity contribution in [3.8, 4) is 0 Å². The molecular formula is C25H35Br2FN2O2. The van der Waals surface area contributed by atoms with E-state index in [0.29, 0.717) is 13.0 Å². The van der Waals surface area contributed by atoms with Crippen molar-refractivity contribution in [2.45, 2.75) is 37.9 Å². The maximum atomic E-state index is 13.6. The molecule has 1 heterocycles. The molecular weight excluding hydrogens is 539 g/mol. The van der Waals surface area contributed by atoms with Crippen molar-refractivity contribution in [3.05, 3.63) is 70.5 Å². The number of hydrogen-bond donors (Lipinski definition) is 0. The molecule has 4 nitrogen and oxygen atoms in total. The molecule has 2 aromatic carbocycles. The molecule has 7 heteroatoms. The maximum absolute atomic E-state index is 13.6. The fourth-order valence-electron chi connectivity index (χ4n) is 4.21. The molecule has 1 atom stereocenters. The average Bonchev–Trinajstić information content (AvgIpc) is 3.07. The number of carbonyl (C=O) groups is 1. The van der Waals surface area contributed by atoms with Crippen molar-refractivity contribution in [3.63, 3.8) is 0 Å². The highest BCUT2D eigenvalue weighted by Crippen LogP contribution is 2.45. The van der Waals surface area contributed by atoms with Crippen LogP contribution in [0.15, 0.2) is 42.5 Å². The van der Waals surface area contributed by atoms with E-state index in [-0.39, 0.29) is 45.6 Å². The Morgan fingerprint density at radius 2 is 1.59 bits per heavy atom. The Hall–Kier alpha value is -1.12. The summed E-state index contributed by atoms with van der Waals surface area (Å²) < 4.78 is 20.0. The smallest absolute Gasteiger partial charge is 0.162 e. The second-order valence-corrected chi connectivity index (χ2v) is 8.73. The molecule has 0 bridgehead atoms. The van der Waals surface area contributed by atoms with Crippen LogP contribution in [-0.2, 0) is 16.9 Å². The van der Waals surface area contributed by atoms with E-state index in [1.807, 2.05) is 44.4 Å². The van der Waals surface area contributed by atoms with E-state index in [2.05, 4.69) is 23.9 Å². The van der Waals surface area contributed by atoms with Gasteiger partial charge < -0.3 is 14.5 Å². The molecule has 0 saturated heterocycles. The number of hydrogen-bond acceptors (Lipinski definition) is 4. The highest BCUT2D eigenvalue weighted by Gasteiger charge is 2.41. The van der Waals surface area contributed by atoms with Crippen LogP contribution in [0.1, 0.15) is 52.7 Å². The molecule has 1 unspecified atom stereocenters. The SMILES string of the molecule is Br.Br.CN(C)CCCC(=O)c1ccc2c(c1)COC2(CCCN(C)C)c1ccc(F)cc1. The lowest BCUT2D eigenvalue weighted by Crippen LogP contribution is -2.28. The van der Waals surface area contributed by atoms with Crippen LogP contribution in [0.2, 0.25) is 0 Å². The number of rotatable bonds is 10. The number of carbonyl (C=O) groups excluding carboxylic acids is 1. The minimum atomic E-state index is -0.592. The van der Waals surface area contributed by atoms with Gasteiger partial charge in [-0.1, -0.05) is 24.3 Å². The lowest BCUT2D eigenvalue weighted by atomic mass is 9.81. The Balaban J connectivity index is 0.00000256. The number of fused-ring (bicyclic) bond motifs is 1. The molecule has 0 amide bonds. The summed E-state index contributed by atoms with van der Waals surface area (Å²) >= 11 is 0. The molecule has 0 aliphatic carbocycles. The van der Waals surface area contributed by atoms with Gasteiger partial charge in [-0.05, 0) is 95.4 Å². The summed E-state index contributed by atoms with van der Waals surface area (Å²) in [5.74, 6) is -0.0781. The topological polar surface area (TPSA) is 32.8 Å². The number of halogens is 3. The maximum Gasteiger partial charge on any atom is 0.162 e. The fraction of sp³-hybridized carbons (Fsp3) is 0.480. The van der Waals surface area contributed by atoms with E-state index < -0.39 is 5.60 Å². The number of ketones is 1. The van der Waals surface area contributed by atoms with Crippen molar-refractivity contribution in [2.24, 2.45) is 0 Å². The van der Waals surface area contributed by atoms with E-state index in [9.17, 15) is 9.18 Å². The van der Waals surface area contributed by atoms with Gasteiger partial charge in [0.2, 0.25) is 0 Å². The van der Waals surface area contributed by atoms with Gasteiger partial charge >= 0.3 is 0 Å². The quantitative estimate of drug-likeness (QED) is 0.345. The van der Waals surface area contributed by atoms with Gasteiger partial charge in [-0.25, -0.2) is 4.39 Å². The average molecular weight is 574 g/mol. The van der Waals surface area contributed by atoms with E-state index in [0.717, 1.165) is 54.6 Å². The Labute approximate surface area is 212 Å². The molecule has 2 aromatic rings. The van der Waals surface area contributed by atoms with Crippen LogP contribution in [0.3, 0.4) is 0 Å². The molecule has 0 N–H and O–H groups in total. The summed E-state index contributed by atoms with van der Waals surface area (Å²) in [6.07, 6.45) is 3.15. The van der Waals surface area contributed by atoms with Gasteiger partial charge in [0, 0.05) is 12.0 Å². The van der Waals surface area contributed by atoms with Crippen LogP contribution in [0.5, 0.6) is 0 Å². The van der Waals surface area contributed by atoms with Crippen LogP contribution in [-0.4, -0.2) is 56.9 Å². The van der Waals surface area contributed by atoms with Crippen LogP contribution in [0.4, 0.5) is 4.39 Å². The molecule has 0 fully saturated rings. The third-order valence-corrected chi connectivity index (χ3v) is 5.79. The van der Waals surface area contributed by atoms with E-state index >= 15 is 0 Å². The predicted octanol–water partition coefficient (Wildman–Crippen LogP) is 5.62. The van der Waals surface area contributed by atoms with Crippen molar-refractivity contribution in [1.82, 2.24) is 9.80 Å². The Kier molecular flexibility index (Phi) is 11.7. The first-order valence-electron chi connectivity index (χ1n) is 10.7. The zero-order valence-corrected chi connectivity index (χ0v) is 22.8. The van der Waals surface area contributed by atoms with Gasteiger partial charge in [0.15, 0.2) is 5.78 Å². The van der Waals surface area contributed by atoms with Crippen molar-refractivity contribution in [1.29, 1.82) is 0 Å². The minimum Gasteiger partial charge on any atom is -0.361 e. The van der Waals surface area contributed by atoms with E-state index in [4.69, 9.17) is 4.74 Å². The van der Waals surface area contributed by atoms with Crippen LogP contribution in [0.25, 0.3) is 0 Å². The van der Waals surface area contributed by atoms with E-state index in [1.165, 1.54) is 12.1 Å². The summed E-state index contributed by atoms with van der Waals surface area (Å²) in [6.45, 7) is 2.32. The van der Waals surface area contributed by atoms with Crippen LogP contribution < -0.4 is 0 Å². The number of ether oxygens (including phenoxy) is 1. The molecule has 32 heavy (non-hydrogen) atoms. The van der Waals surface area contributed by atoms with Gasteiger partial charge in [0.05, 0.1) is 6.61 Å². The van der Waals surface area contributed by atoms with Gasteiger partial charge in [-0.2, -0.15) is 0 Å². The van der Waals surface area contributed by atoms with Gasteiger partial charge in [0.1, 0.15) is 11.4 Å². The Morgan fingerprint density at radius 3 is 2.22 bits per heavy atom. The summed E-state index contributed by atoms with van der Waals surface area (Å²) in [6, 6.07) is 12.6. The summed E-state index contributed by atoms with van der Waals surface area (Å²) in [4.78, 5) is 16.9. The number of Topliss-reactive ketones (excluding diaryl/α,β-unsaturated/α-hetero) is 1. The first-order chi connectivity index (χ1) is 14.3. The molecule has 0 radical (unpaired) electrons. The lowest BCUT2D eigenvalue weighted by molar-refractivity contribution is -0.0140. The minimum absolute atomic E-state index is 0. The largest absolute Gasteiger partial charge is 0.361 e. The first-order valence-corrected chi connectivity index (χ1v) is 10.7. The summed E-state index contributed by atoms with van der Waals surface area (Å²) in [5.41, 5.74) is 3.28. The Morgan fingerprint density at radius 1 is 0.969 bits per heavy atom. The zero-order valence-electron chi connectivity index (χ0n) is 19.4. The second-order valence-electron chi connectivity index (χ2n) is 8.73. The molecule has 0 spiro atoms. The predicted molar refractivity (Wildman–Crippen MR) is 139 cm³/mol. The zero-order chi connectivity index (χ0) is 21.7. The highest BCUT2D eigenvalue weighted by molar-refractivity contribution is 8.93. The monoisotopic (exact) mass is 572 g/mol. The second kappa shape index (κ2) is 12.9. The fourth-order valence-corrected chi connectivity index (χ4v) is 4.21. The molecule has 0 aromatic heterocycles.